The number of nitrogens with one attached hydrogen (secondary N) is 1. The number of aryl methyl sites for hydroxylation is 1. The summed E-state index contributed by atoms with van der Waals surface area (Å²) in [6, 6.07) is 13.7. The van der Waals surface area contributed by atoms with Gasteiger partial charge in [0.25, 0.3) is 5.91 Å². The van der Waals surface area contributed by atoms with Crippen molar-refractivity contribution in [1.29, 1.82) is 0 Å². The van der Waals surface area contributed by atoms with E-state index in [0.29, 0.717) is 29.1 Å². The van der Waals surface area contributed by atoms with E-state index >= 15 is 0 Å². The SMILES string of the molecule is CCCCCCCCCCCCn1c(N)c(C(=O)NCc2ccc(F)cc2)c2nc3ccccc3nc21. The number of amides is 1. The second kappa shape index (κ2) is 13.2. The number of para-hydroxylation sites is 2. The molecule has 2 aromatic heterocycles. The molecule has 0 radical (unpaired) electrons. The number of rotatable bonds is 14. The number of halogens is 1. The number of fused-ring (bicyclic) bond motifs is 2. The molecule has 3 N–H and O–H groups in total. The van der Waals surface area contributed by atoms with Gasteiger partial charge in [0, 0.05) is 13.1 Å². The van der Waals surface area contributed by atoms with E-state index in [4.69, 9.17) is 15.7 Å². The van der Waals surface area contributed by atoms with E-state index in [0.717, 1.165) is 29.4 Å². The number of anilines is 1. The van der Waals surface area contributed by atoms with Crippen LogP contribution in [-0.4, -0.2) is 20.4 Å². The van der Waals surface area contributed by atoms with Crippen LogP contribution < -0.4 is 11.1 Å². The fraction of sp³-hybridized carbons (Fsp3) is 0.433. The molecule has 196 valence electrons. The molecule has 6 nitrogen and oxygen atoms in total. The lowest BCUT2D eigenvalue weighted by molar-refractivity contribution is 0.0953. The molecule has 0 aliphatic carbocycles. The molecule has 0 saturated carbocycles. The van der Waals surface area contributed by atoms with Gasteiger partial charge in [-0.25, -0.2) is 14.4 Å². The Balaban J connectivity index is 1.45. The molecule has 0 saturated heterocycles. The van der Waals surface area contributed by atoms with Crippen molar-refractivity contribution < 1.29 is 9.18 Å². The van der Waals surface area contributed by atoms with Gasteiger partial charge in [-0.2, -0.15) is 0 Å². The molecule has 0 atom stereocenters. The lowest BCUT2D eigenvalue weighted by Gasteiger charge is -2.09. The van der Waals surface area contributed by atoms with Crippen LogP contribution in [0.5, 0.6) is 0 Å². The van der Waals surface area contributed by atoms with Crippen LogP contribution in [0.1, 0.15) is 87.1 Å². The minimum atomic E-state index is -0.309. The number of carbonyl (C=O) groups is 1. The molecule has 37 heavy (non-hydrogen) atoms. The van der Waals surface area contributed by atoms with Gasteiger partial charge in [-0.1, -0.05) is 89.0 Å². The molecule has 0 aliphatic heterocycles. The van der Waals surface area contributed by atoms with Gasteiger partial charge >= 0.3 is 0 Å². The van der Waals surface area contributed by atoms with Gasteiger partial charge in [0.2, 0.25) is 0 Å². The number of carbonyl (C=O) groups excluding carboxylic acids is 1. The highest BCUT2D eigenvalue weighted by molar-refractivity contribution is 6.10. The third-order valence-corrected chi connectivity index (χ3v) is 6.92. The number of hydrogen-bond donors (Lipinski definition) is 2. The van der Waals surface area contributed by atoms with Gasteiger partial charge in [0.15, 0.2) is 5.65 Å². The zero-order valence-corrected chi connectivity index (χ0v) is 21.8. The Bertz CT molecular complexity index is 1320. The number of nitrogen functional groups attached to an aromatic ring is 1. The number of hydrogen-bond acceptors (Lipinski definition) is 4. The van der Waals surface area contributed by atoms with Crippen LogP contribution in [0.4, 0.5) is 10.2 Å². The van der Waals surface area contributed by atoms with Gasteiger partial charge in [-0.05, 0) is 36.2 Å². The fourth-order valence-corrected chi connectivity index (χ4v) is 4.80. The van der Waals surface area contributed by atoms with Crippen molar-refractivity contribution in [2.24, 2.45) is 0 Å². The minimum absolute atomic E-state index is 0.269. The van der Waals surface area contributed by atoms with E-state index in [1.165, 1.54) is 63.5 Å². The maximum absolute atomic E-state index is 13.3. The molecule has 4 aromatic rings. The second-order valence-electron chi connectivity index (χ2n) is 9.79. The van der Waals surface area contributed by atoms with Crippen molar-refractivity contribution in [1.82, 2.24) is 19.9 Å². The zero-order valence-electron chi connectivity index (χ0n) is 21.8. The molecule has 4 rings (SSSR count). The summed E-state index contributed by atoms with van der Waals surface area (Å²) in [5.41, 5.74) is 10.4. The summed E-state index contributed by atoms with van der Waals surface area (Å²) in [7, 11) is 0. The third-order valence-electron chi connectivity index (χ3n) is 6.92. The first-order valence-corrected chi connectivity index (χ1v) is 13.7. The molecule has 1 amide bonds. The summed E-state index contributed by atoms with van der Waals surface area (Å²) in [5.74, 6) is -0.229. The van der Waals surface area contributed by atoms with E-state index in [9.17, 15) is 9.18 Å². The summed E-state index contributed by atoms with van der Waals surface area (Å²) in [5, 5.41) is 2.92. The Labute approximate surface area is 218 Å². The number of aromatic nitrogens is 3. The van der Waals surface area contributed by atoms with Crippen LogP contribution in [0.2, 0.25) is 0 Å². The number of benzene rings is 2. The van der Waals surface area contributed by atoms with Gasteiger partial charge in [0.05, 0.1) is 11.0 Å². The molecule has 2 aromatic carbocycles. The molecule has 0 fully saturated rings. The normalized spacial score (nSPS) is 11.4. The summed E-state index contributed by atoms with van der Waals surface area (Å²) >= 11 is 0. The standard InChI is InChI=1S/C30H38FN5O/c1-2-3-4-5-6-7-8-9-10-13-20-36-28(32)26(30(37)33-21-22-16-18-23(31)19-17-22)27-29(36)35-25-15-12-11-14-24(25)34-27/h11-12,14-19H,2-10,13,20-21,32H2,1H3,(H,33,37). The second-order valence-corrected chi connectivity index (χ2v) is 9.79. The largest absolute Gasteiger partial charge is 0.384 e. The Morgan fingerprint density at radius 3 is 2.11 bits per heavy atom. The Morgan fingerprint density at radius 2 is 1.46 bits per heavy atom. The van der Waals surface area contributed by atoms with Crippen molar-refractivity contribution in [2.45, 2.75) is 84.2 Å². The molecule has 0 unspecified atom stereocenters. The highest BCUT2D eigenvalue weighted by Crippen LogP contribution is 2.28. The van der Waals surface area contributed by atoms with Gasteiger partial charge in [0.1, 0.15) is 22.7 Å². The zero-order chi connectivity index (χ0) is 26.0. The lowest BCUT2D eigenvalue weighted by Crippen LogP contribution is -2.24. The summed E-state index contributed by atoms with van der Waals surface area (Å²) < 4.78 is 15.2. The molecular weight excluding hydrogens is 465 g/mol. The Morgan fingerprint density at radius 1 is 0.865 bits per heavy atom. The first kappa shape index (κ1) is 26.6. The van der Waals surface area contributed by atoms with E-state index in [1.54, 1.807) is 12.1 Å². The average Bonchev–Trinajstić information content (AvgIpc) is 3.17. The number of unbranched alkanes of at least 4 members (excludes halogenated alkanes) is 9. The van der Waals surface area contributed by atoms with E-state index in [-0.39, 0.29) is 18.3 Å². The van der Waals surface area contributed by atoms with Gasteiger partial charge in [-0.3, -0.25) is 4.79 Å². The van der Waals surface area contributed by atoms with Crippen LogP contribution in [0.15, 0.2) is 48.5 Å². The predicted octanol–water partition coefficient (Wildman–Crippen LogP) is 7.16. The van der Waals surface area contributed by atoms with E-state index < -0.39 is 0 Å². The van der Waals surface area contributed by atoms with Crippen LogP contribution in [0, 0.1) is 5.82 Å². The fourth-order valence-electron chi connectivity index (χ4n) is 4.80. The quantitative estimate of drug-likeness (QED) is 0.179. The molecule has 0 aliphatic rings. The lowest BCUT2D eigenvalue weighted by atomic mass is 10.1. The highest BCUT2D eigenvalue weighted by Gasteiger charge is 2.23. The van der Waals surface area contributed by atoms with Crippen LogP contribution in [0.3, 0.4) is 0 Å². The van der Waals surface area contributed by atoms with Crippen molar-refractivity contribution in [2.75, 3.05) is 5.73 Å². The number of nitrogens with two attached hydrogens (primary N) is 1. The maximum atomic E-state index is 13.3. The molecule has 0 bridgehead atoms. The summed E-state index contributed by atoms with van der Waals surface area (Å²) in [4.78, 5) is 22.9. The number of nitrogens with zero attached hydrogens (tertiary/aromatic N) is 3. The molecule has 7 heteroatoms. The Hall–Kier alpha value is -3.48. The monoisotopic (exact) mass is 503 g/mol. The third kappa shape index (κ3) is 6.85. The summed E-state index contributed by atoms with van der Waals surface area (Å²) in [6.07, 6.45) is 12.5. The first-order valence-electron chi connectivity index (χ1n) is 13.7. The van der Waals surface area contributed by atoms with E-state index in [1.807, 2.05) is 28.8 Å². The van der Waals surface area contributed by atoms with Crippen LogP contribution in [-0.2, 0) is 13.1 Å². The van der Waals surface area contributed by atoms with Gasteiger partial charge in [-0.15, -0.1) is 0 Å². The Kier molecular flexibility index (Phi) is 9.46. The predicted molar refractivity (Wildman–Crippen MR) is 149 cm³/mol. The topological polar surface area (TPSA) is 85.8 Å². The van der Waals surface area contributed by atoms with Crippen molar-refractivity contribution >= 4 is 33.9 Å². The van der Waals surface area contributed by atoms with E-state index in [2.05, 4.69) is 12.2 Å². The van der Waals surface area contributed by atoms with Crippen LogP contribution in [0.25, 0.3) is 22.2 Å². The summed E-state index contributed by atoms with van der Waals surface area (Å²) in [6.45, 7) is 3.21. The van der Waals surface area contributed by atoms with Crippen molar-refractivity contribution in [3.8, 4) is 0 Å². The van der Waals surface area contributed by atoms with Crippen molar-refractivity contribution in [3.05, 3.63) is 65.5 Å². The van der Waals surface area contributed by atoms with Gasteiger partial charge < -0.3 is 15.6 Å². The highest BCUT2D eigenvalue weighted by atomic mass is 19.1. The maximum Gasteiger partial charge on any atom is 0.257 e. The first-order chi connectivity index (χ1) is 18.1. The smallest absolute Gasteiger partial charge is 0.257 e. The van der Waals surface area contributed by atoms with Crippen LogP contribution >= 0.6 is 0 Å². The average molecular weight is 504 g/mol. The minimum Gasteiger partial charge on any atom is -0.384 e. The molecule has 2 heterocycles. The molecular formula is C30H38FN5O. The molecule has 0 spiro atoms. The van der Waals surface area contributed by atoms with Crippen molar-refractivity contribution in [3.63, 3.8) is 0 Å².